The molecule has 0 saturated carbocycles. The van der Waals surface area contributed by atoms with Gasteiger partial charge in [-0.15, -0.1) is 11.3 Å². The second kappa shape index (κ2) is 14.2. The van der Waals surface area contributed by atoms with E-state index in [2.05, 4.69) is 136 Å². The van der Waals surface area contributed by atoms with Gasteiger partial charge in [-0.05, 0) is 64.6 Å². The van der Waals surface area contributed by atoms with Crippen LogP contribution in [0.2, 0.25) is 0 Å². The number of thiophene rings is 1. The summed E-state index contributed by atoms with van der Waals surface area (Å²) in [7, 11) is 0. The van der Waals surface area contributed by atoms with Crippen LogP contribution in [0.1, 0.15) is 64.5 Å². The van der Waals surface area contributed by atoms with Crippen molar-refractivity contribution in [2.24, 2.45) is 0 Å². The minimum Gasteiger partial charge on any atom is -0.299 e. The number of benzene rings is 3. The fourth-order valence-electron chi connectivity index (χ4n) is 4.52. The zero-order chi connectivity index (χ0) is 27.7. The summed E-state index contributed by atoms with van der Waals surface area (Å²) in [4.78, 5) is 7.36. The average molecular weight is 541 g/mol. The highest BCUT2D eigenvalue weighted by Crippen LogP contribution is 2.41. The van der Waals surface area contributed by atoms with Crippen molar-refractivity contribution in [3.8, 4) is 38.0 Å². The molecule has 0 fully saturated rings. The van der Waals surface area contributed by atoms with Crippen molar-refractivity contribution < 1.29 is 0 Å². The van der Waals surface area contributed by atoms with Crippen LogP contribution in [-0.4, -0.2) is 15.8 Å². The van der Waals surface area contributed by atoms with E-state index in [1.165, 1.54) is 37.7 Å². The Morgan fingerprint density at radius 2 is 1.13 bits per heavy atom. The van der Waals surface area contributed by atoms with Gasteiger partial charge in [0.1, 0.15) is 5.82 Å². The third-order valence-electron chi connectivity index (χ3n) is 6.28. The summed E-state index contributed by atoms with van der Waals surface area (Å²) in [6.45, 7) is 13.1. The van der Waals surface area contributed by atoms with Crippen LogP contribution < -0.4 is 0 Å². The third-order valence-corrected chi connectivity index (χ3v) is 7.46. The molecule has 2 heterocycles. The molecule has 0 aliphatic carbocycles. The predicted octanol–water partition coefficient (Wildman–Crippen LogP) is 10.8. The lowest BCUT2D eigenvalue weighted by Crippen LogP contribution is -2.08. The molecule has 38 heavy (non-hydrogen) atoms. The Bertz CT molecular complexity index is 1370. The number of hydrogen-bond donors (Lipinski definition) is 1. The van der Waals surface area contributed by atoms with Gasteiger partial charge in [0, 0.05) is 27.7 Å². The highest BCUT2D eigenvalue weighted by atomic mass is 32.1. The second-order valence-corrected chi connectivity index (χ2v) is 10.4. The summed E-state index contributed by atoms with van der Waals surface area (Å²) in [5.74, 6) is 1.75. The molecule has 2 nitrogen and oxygen atoms in total. The molecule has 0 unspecified atom stereocenters. The molecule has 198 valence electrons. The SMILES string of the molecule is CC.CC(C)c1cc(-c2ccc(-c3ccccc3)s2)cc(C(C)C)c1-n1ccnc1-c1ccccc1.CS. The van der Waals surface area contributed by atoms with Crippen molar-refractivity contribution in [1.29, 1.82) is 0 Å². The molecule has 0 radical (unpaired) electrons. The van der Waals surface area contributed by atoms with Crippen LogP contribution in [0.15, 0.2) is 97.3 Å². The number of rotatable bonds is 6. The van der Waals surface area contributed by atoms with E-state index in [4.69, 9.17) is 4.98 Å². The van der Waals surface area contributed by atoms with E-state index in [-0.39, 0.29) is 0 Å². The van der Waals surface area contributed by atoms with Gasteiger partial charge < -0.3 is 0 Å². The van der Waals surface area contributed by atoms with Crippen LogP contribution >= 0.6 is 24.0 Å². The molecule has 0 aliphatic rings. The molecule has 2 aromatic heterocycles. The van der Waals surface area contributed by atoms with Gasteiger partial charge in [-0.2, -0.15) is 12.6 Å². The van der Waals surface area contributed by atoms with Crippen LogP contribution in [-0.2, 0) is 0 Å². The highest BCUT2D eigenvalue weighted by molar-refractivity contribution is 7.79. The number of imidazole rings is 1. The Kier molecular flexibility index (Phi) is 11.0. The molecular weight excluding hydrogens is 501 g/mol. The second-order valence-electron chi connectivity index (χ2n) is 9.33. The predicted molar refractivity (Wildman–Crippen MR) is 172 cm³/mol. The third kappa shape index (κ3) is 6.48. The van der Waals surface area contributed by atoms with Crippen molar-refractivity contribution in [3.05, 3.63) is 108 Å². The Morgan fingerprint density at radius 1 is 0.658 bits per heavy atom. The first-order valence-corrected chi connectivity index (χ1v) is 15.1. The summed E-state index contributed by atoms with van der Waals surface area (Å²) >= 11 is 5.39. The van der Waals surface area contributed by atoms with Crippen molar-refractivity contribution in [3.63, 3.8) is 0 Å². The fourth-order valence-corrected chi connectivity index (χ4v) is 5.51. The molecule has 0 spiro atoms. The van der Waals surface area contributed by atoms with Crippen LogP contribution in [0.3, 0.4) is 0 Å². The van der Waals surface area contributed by atoms with E-state index in [1.54, 1.807) is 6.26 Å². The monoisotopic (exact) mass is 540 g/mol. The molecule has 0 bridgehead atoms. The van der Waals surface area contributed by atoms with Crippen molar-refractivity contribution in [1.82, 2.24) is 9.55 Å². The topological polar surface area (TPSA) is 17.8 Å². The molecule has 0 saturated heterocycles. The first kappa shape index (κ1) is 29.5. The van der Waals surface area contributed by atoms with Crippen molar-refractivity contribution in [2.75, 3.05) is 6.26 Å². The minimum absolute atomic E-state index is 0.382. The molecule has 4 heteroatoms. The van der Waals surface area contributed by atoms with Gasteiger partial charge in [0.25, 0.3) is 0 Å². The number of thiol groups is 1. The van der Waals surface area contributed by atoms with Crippen LogP contribution in [0.5, 0.6) is 0 Å². The normalized spacial score (nSPS) is 10.6. The molecule has 5 rings (SSSR count). The first-order chi connectivity index (χ1) is 18.5. The number of aromatic nitrogens is 2. The smallest absolute Gasteiger partial charge is 0.144 e. The Labute approximate surface area is 238 Å². The molecule has 5 aromatic rings. The Morgan fingerprint density at radius 3 is 1.63 bits per heavy atom. The molecule has 0 N–H and O–H groups in total. The summed E-state index contributed by atoms with van der Waals surface area (Å²) in [5, 5.41) is 0. The molecule has 3 aromatic carbocycles. The average Bonchev–Trinajstić information content (AvgIpc) is 3.66. The minimum atomic E-state index is 0.382. The lowest BCUT2D eigenvalue weighted by Gasteiger charge is -2.23. The van der Waals surface area contributed by atoms with Crippen LogP contribution in [0.4, 0.5) is 0 Å². The van der Waals surface area contributed by atoms with Crippen molar-refractivity contribution in [2.45, 2.75) is 53.4 Å². The van der Waals surface area contributed by atoms with Gasteiger partial charge in [0.05, 0.1) is 5.69 Å². The van der Waals surface area contributed by atoms with Gasteiger partial charge in [0.15, 0.2) is 0 Å². The molecule has 0 amide bonds. The lowest BCUT2D eigenvalue weighted by molar-refractivity contribution is 0.807. The van der Waals surface area contributed by atoms with Gasteiger partial charge in [0.2, 0.25) is 0 Å². The molecule has 0 atom stereocenters. The Balaban J connectivity index is 0.000000956. The standard InChI is InChI=1S/C31H30N2S.C2H6.CH4S/c1-21(2)26-19-25(29-16-15-28(34-29)23-11-7-5-8-12-23)20-27(22(3)4)30(26)33-18-17-32-31(33)24-13-9-6-10-14-24;2*1-2/h5-22H,1-4H3;1-2H3;2H,1H3. The lowest BCUT2D eigenvalue weighted by atomic mass is 9.89. The van der Waals surface area contributed by atoms with E-state index in [9.17, 15) is 0 Å². The van der Waals surface area contributed by atoms with Crippen LogP contribution in [0.25, 0.3) is 38.0 Å². The summed E-state index contributed by atoms with van der Waals surface area (Å²) < 4.78 is 2.29. The quantitative estimate of drug-likeness (QED) is 0.212. The first-order valence-electron chi connectivity index (χ1n) is 13.4. The van der Waals surface area contributed by atoms with E-state index in [0.717, 1.165) is 11.4 Å². The maximum absolute atomic E-state index is 4.75. The molecule has 0 aliphatic heterocycles. The maximum atomic E-state index is 4.75. The Hall–Kier alpha value is -3.08. The fraction of sp³-hybridized carbons (Fsp3) is 0.265. The summed E-state index contributed by atoms with van der Waals surface area (Å²) in [6, 6.07) is 30.4. The zero-order valence-electron chi connectivity index (χ0n) is 23.6. The largest absolute Gasteiger partial charge is 0.299 e. The number of hydrogen-bond acceptors (Lipinski definition) is 3. The summed E-state index contributed by atoms with van der Waals surface area (Å²) in [6.07, 6.45) is 5.71. The van der Waals surface area contributed by atoms with Gasteiger partial charge in [-0.1, -0.05) is 102 Å². The van der Waals surface area contributed by atoms with Gasteiger partial charge >= 0.3 is 0 Å². The van der Waals surface area contributed by atoms with Gasteiger partial charge in [-0.25, -0.2) is 4.98 Å². The summed E-state index contributed by atoms with van der Waals surface area (Å²) in [5.41, 5.74) is 7.67. The van der Waals surface area contributed by atoms with E-state index in [1.807, 2.05) is 31.4 Å². The molecular formula is C34H40N2S2. The van der Waals surface area contributed by atoms with Crippen molar-refractivity contribution >= 4 is 24.0 Å². The highest BCUT2D eigenvalue weighted by Gasteiger charge is 2.21. The van der Waals surface area contributed by atoms with E-state index < -0.39 is 0 Å². The van der Waals surface area contributed by atoms with Gasteiger partial charge in [-0.3, -0.25) is 4.57 Å². The van der Waals surface area contributed by atoms with Crippen LogP contribution in [0, 0.1) is 0 Å². The zero-order valence-corrected chi connectivity index (χ0v) is 25.4. The van der Waals surface area contributed by atoms with E-state index in [0.29, 0.717) is 11.8 Å². The maximum Gasteiger partial charge on any atom is 0.144 e. The van der Waals surface area contributed by atoms with E-state index >= 15 is 0 Å². The number of nitrogens with zero attached hydrogens (tertiary/aromatic N) is 2.